The third kappa shape index (κ3) is 9.04. The molecule has 0 saturated heterocycles. The smallest absolute Gasteiger partial charge is 0.307 e. The lowest BCUT2D eigenvalue weighted by molar-refractivity contribution is -0.135. The van der Waals surface area contributed by atoms with Gasteiger partial charge in [0.1, 0.15) is 0 Å². The molecule has 0 atom stereocenters. The molecular weight excluding hydrogens is 221 g/mol. The van der Waals surface area contributed by atoms with Crippen molar-refractivity contribution >= 4 is 31.1 Å². The first-order chi connectivity index (χ1) is 4.56. The predicted octanol–water partition coefficient (Wildman–Crippen LogP) is 3.15. The summed E-state index contributed by atoms with van der Waals surface area (Å²) in [5.74, 6) is 0. The van der Waals surface area contributed by atoms with Crippen LogP contribution in [0.5, 0.6) is 0 Å². The predicted molar refractivity (Wildman–Crippen MR) is 39.4 cm³/mol. The van der Waals surface area contributed by atoms with E-state index in [1.807, 2.05) is 0 Å². The fourth-order valence-corrected chi connectivity index (χ4v) is 2.33. The van der Waals surface area contributed by atoms with Crippen LogP contribution in [0.2, 0.25) is 4.55 Å². The van der Waals surface area contributed by atoms with E-state index in [1.165, 1.54) is 0 Å². The van der Waals surface area contributed by atoms with Crippen LogP contribution in [-0.2, 0) is 0 Å². The molecule has 0 aliphatic rings. The summed E-state index contributed by atoms with van der Waals surface area (Å²) < 4.78 is 35.4. The average molecular weight is 229 g/mol. The lowest BCUT2D eigenvalue weighted by Crippen LogP contribution is -2.06. The van der Waals surface area contributed by atoms with Crippen LogP contribution in [0.3, 0.4) is 0 Å². The van der Waals surface area contributed by atoms with E-state index in [9.17, 15) is 13.2 Å². The highest BCUT2D eigenvalue weighted by molar-refractivity contribution is 9.23. The molecule has 0 aliphatic carbocycles. The first kappa shape index (κ1) is 11.0. The van der Waals surface area contributed by atoms with Crippen LogP contribution >= 0.6 is 12.9 Å². The van der Waals surface area contributed by atoms with Crippen LogP contribution in [0.15, 0.2) is 0 Å². The van der Waals surface area contributed by atoms with E-state index >= 15 is 0 Å². The summed E-state index contributed by atoms with van der Waals surface area (Å²) in [5, 5.41) is 0. The second-order valence-corrected chi connectivity index (χ2v) is 5.58. The SMILES string of the molecule is FC(F)(F)CCC[CH2][Mg][Br]. The second kappa shape index (κ2) is 5.66. The standard InChI is InChI=1S/C5H8F3.BrH.Mg/c1-2-3-4-5(6,7)8;;/h1-4H2;1H;/q;;+1/p-1. The maximum Gasteiger partial charge on any atom is 0.468 e. The third-order valence-corrected chi connectivity index (χ3v) is 3.54. The van der Waals surface area contributed by atoms with Gasteiger partial charge in [-0.25, -0.2) is 0 Å². The van der Waals surface area contributed by atoms with Crippen molar-refractivity contribution in [3.63, 3.8) is 0 Å². The van der Waals surface area contributed by atoms with E-state index in [0.717, 1.165) is 11.0 Å². The van der Waals surface area contributed by atoms with Gasteiger partial charge in [-0.2, -0.15) is 13.2 Å². The molecule has 0 fully saturated rings. The minimum Gasteiger partial charge on any atom is -0.307 e. The van der Waals surface area contributed by atoms with Gasteiger partial charge in [-0.05, 0) is 6.42 Å². The fourth-order valence-electron chi connectivity index (χ4n) is 0.597. The lowest BCUT2D eigenvalue weighted by Gasteiger charge is -2.03. The van der Waals surface area contributed by atoms with Gasteiger partial charge in [-0.15, -0.1) is 4.55 Å². The van der Waals surface area contributed by atoms with Gasteiger partial charge in [-0.3, -0.25) is 0 Å². The number of rotatable bonds is 4. The van der Waals surface area contributed by atoms with Crippen molar-refractivity contribution in [2.75, 3.05) is 0 Å². The summed E-state index contributed by atoms with van der Waals surface area (Å²) in [6.45, 7) is 0. The summed E-state index contributed by atoms with van der Waals surface area (Å²) >= 11 is 3.08. The van der Waals surface area contributed by atoms with E-state index in [4.69, 9.17) is 0 Å². The molecule has 0 heterocycles. The number of hydrogen-bond acceptors (Lipinski definition) is 0. The van der Waals surface area contributed by atoms with Crippen molar-refractivity contribution in [2.45, 2.75) is 30.0 Å². The quantitative estimate of drug-likeness (QED) is 0.513. The molecular formula is C5H8BrF3Mg. The van der Waals surface area contributed by atoms with E-state index in [2.05, 4.69) is 12.9 Å². The van der Waals surface area contributed by atoms with Crippen LogP contribution < -0.4 is 0 Å². The lowest BCUT2D eigenvalue weighted by atomic mass is 10.2. The topological polar surface area (TPSA) is 0 Å². The molecule has 0 aromatic heterocycles. The molecule has 0 bridgehead atoms. The van der Waals surface area contributed by atoms with Crippen molar-refractivity contribution in [2.24, 2.45) is 0 Å². The molecule has 10 heavy (non-hydrogen) atoms. The average Bonchev–Trinajstić information content (AvgIpc) is 1.78. The number of unbranched alkanes of at least 4 members (excludes halogenated alkanes) is 1. The van der Waals surface area contributed by atoms with Gasteiger partial charge >= 0.3 is 24.4 Å². The molecule has 0 radical (unpaired) electrons. The minimum absolute atomic E-state index is 0.205. The van der Waals surface area contributed by atoms with Gasteiger partial charge in [-0.1, -0.05) is 6.42 Å². The maximum atomic E-state index is 11.5. The first-order valence-electron chi connectivity index (χ1n) is 3.19. The van der Waals surface area contributed by atoms with E-state index in [-0.39, 0.29) is 18.2 Å². The molecule has 0 N–H and O–H groups in total. The van der Waals surface area contributed by atoms with Crippen LogP contribution in [0, 0.1) is 0 Å². The van der Waals surface area contributed by atoms with E-state index in [0.29, 0.717) is 6.42 Å². The molecule has 0 aromatic rings. The fraction of sp³-hybridized carbons (Fsp3) is 1.00. The molecule has 0 unspecified atom stereocenters. The van der Waals surface area contributed by atoms with Crippen LogP contribution in [0.1, 0.15) is 19.3 Å². The largest absolute Gasteiger partial charge is 0.468 e. The van der Waals surface area contributed by atoms with Crippen LogP contribution in [0.4, 0.5) is 13.2 Å². The summed E-state index contributed by atoms with van der Waals surface area (Å²) in [5.41, 5.74) is 0. The highest BCUT2D eigenvalue weighted by atomic mass is 79.9. The Balaban J connectivity index is 3.04. The molecule has 0 spiro atoms. The van der Waals surface area contributed by atoms with Crippen LogP contribution in [-0.4, -0.2) is 24.4 Å². The Morgan fingerprint density at radius 2 is 1.80 bits per heavy atom. The zero-order valence-electron chi connectivity index (χ0n) is 5.55. The van der Waals surface area contributed by atoms with Crippen molar-refractivity contribution in [1.29, 1.82) is 0 Å². The number of alkyl halides is 3. The van der Waals surface area contributed by atoms with E-state index < -0.39 is 12.6 Å². The normalized spacial score (nSPS) is 11.2. The van der Waals surface area contributed by atoms with Crippen molar-refractivity contribution in [1.82, 2.24) is 0 Å². The Morgan fingerprint density at radius 3 is 2.20 bits per heavy atom. The number of hydrogen-bond donors (Lipinski definition) is 0. The Kier molecular flexibility index (Phi) is 6.24. The zero-order valence-corrected chi connectivity index (χ0v) is 8.55. The molecule has 0 rings (SSSR count). The third-order valence-electron chi connectivity index (χ3n) is 1.09. The monoisotopic (exact) mass is 228 g/mol. The van der Waals surface area contributed by atoms with Gasteiger partial charge in [0.05, 0.1) is 0 Å². The first-order valence-corrected chi connectivity index (χ1v) is 8.09. The zero-order chi connectivity index (χ0) is 8.04. The molecule has 0 aliphatic heterocycles. The summed E-state index contributed by atoms with van der Waals surface area (Å²) in [6.07, 6.45) is -3.55. The summed E-state index contributed by atoms with van der Waals surface area (Å²) in [6, 6.07) is 0. The molecule has 0 nitrogen and oxygen atoms in total. The van der Waals surface area contributed by atoms with Crippen molar-refractivity contribution in [3.05, 3.63) is 0 Å². The van der Waals surface area contributed by atoms with Gasteiger partial charge in [0.15, 0.2) is 0 Å². The highest BCUT2D eigenvalue weighted by Crippen LogP contribution is 2.22. The van der Waals surface area contributed by atoms with Crippen LogP contribution in [0.25, 0.3) is 0 Å². The number of halogens is 4. The van der Waals surface area contributed by atoms with Crippen molar-refractivity contribution in [3.8, 4) is 0 Å². The van der Waals surface area contributed by atoms with Gasteiger partial charge in [0.2, 0.25) is 0 Å². The maximum absolute atomic E-state index is 11.5. The highest BCUT2D eigenvalue weighted by Gasteiger charge is 2.25. The van der Waals surface area contributed by atoms with Gasteiger partial charge in [0, 0.05) is 6.42 Å². The summed E-state index contributed by atoms with van der Waals surface area (Å²) in [4.78, 5) is 0. The minimum atomic E-state index is -3.95. The molecule has 0 aromatic carbocycles. The molecule has 5 heteroatoms. The summed E-state index contributed by atoms with van der Waals surface area (Å²) in [7, 11) is 0. The Bertz CT molecular complexity index is 83.5. The Hall–Kier alpha value is 1.04. The Labute approximate surface area is 74.1 Å². The van der Waals surface area contributed by atoms with Crippen molar-refractivity contribution < 1.29 is 13.2 Å². The van der Waals surface area contributed by atoms with Gasteiger partial charge in [0.25, 0.3) is 0 Å². The van der Waals surface area contributed by atoms with Gasteiger partial charge < -0.3 is 12.9 Å². The van der Waals surface area contributed by atoms with E-state index in [1.54, 1.807) is 0 Å². The second-order valence-electron chi connectivity index (χ2n) is 2.11. The molecule has 58 valence electrons. The molecule has 0 saturated carbocycles. The Morgan fingerprint density at radius 1 is 1.20 bits per heavy atom. The molecule has 0 amide bonds.